The van der Waals surface area contributed by atoms with E-state index in [4.69, 9.17) is 4.74 Å². The molecule has 2 N–H and O–H groups in total. The first-order valence-corrected chi connectivity index (χ1v) is 11.1. The number of rotatable bonds is 6. The van der Waals surface area contributed by atoms with Crippen molar-refractivity contribution in [2.24, 2.45) is 0 Å². The molecule has 0 saturated carbocycles. The van der Waals surface area contributed by atoms with Gasteiger partial charge in [0.15, 0.2) is 5.78 Å². The van der Waals surface area contributed by atoms with E-state index in [1.807, 2.05) is 0 Å². The summed E-state index contributed by atoms with van der Waals surface area (Å²) in [6.45, 7) is 0. The number of para-hydroxylation sites is 1. The fraction of sp³-hybridized carbons (Fsp3) is 0. The minimum atomic E-state index is -3.71. The van der Waals surface area contributed by atoms with Crippen LogP contribution in [0.2, 0.25) is 0 Å². The molecule has 0 unspecified atom stereocenters. The summed E-state index contributed by atoms with van der Waals surface area (Å²) in [6.07, 6.45) is 0. The van der Waals surface area contributed by atoms with Crippen molar-refractivity contribution < 1.29 is 28.2 Å². The van der Waals surface area contributed by atoms with Crippen LogP contribution in [0.3, 0.4) is 0 Å². The van der Waals surface area contributed by atoms with Gasteiger partial charge in [0.1, 0.15) is 23.0 Å². The van der Waals surface area contributed by atoms with Gasteiger partial charge < -0.3 is 14.9 Å². The lowest BCUT2D eigenvalue weighted by molar-refractivity contribution is 0.103. The van der Waals surface area contributed by atoms with Crippen LogP contribution in [0.15, 0.2) is 107 Å². The second-order valence-corrected chi connectivity index (χ2v) is 8.89. The molecule has 4 aromatic carbocycles. The van der Waals surface area contributed by atoms with Crippen molar-refractivity contribution in [3.8, 4) is 23.0 Å². The third kappa shape index (κ3) is 4.33. The van der Waals surface area contributed by atoms with Crippen molar-refractivity contribution in [2.75, 3.05) is 0 Å². The molecule has 0 heterocycles. The number of ether oxygens (including phenoxy) is 1. The van der Waals surface area contributed by atoms with Gasteiger partial charge in [-0.25, -0.2) is 8.42 Å². The number of aromatic hydroxyl groups is 2. The van der Waals surface area contributed by atoms with Gasteiger partial charge in [0, 0.05) is 5.56 Å². The highest BCUT2D eigenvalue weighted by atomic mass is 32.2. The Labute approximate surface area is 184 Å². The van der Waals surface area contributed by atoms with Gasteiger partial charge >= 0.3 is 0 Å². The van der Waals surface area contributed by atoms with Crippen molar-refractivity contribution in [1.82, 2.24) is 0 Å². The molecule has 0 fully saturated rings. The fourth-order valence-electron chi connectivity index (χ4n) is 3.08. The first-order chi connectivity index (χ1) is 15.3. The van der Waals surface area contributed by atoms with Crippen LogP contribution in [0.25, 0.3) is 0 Å². The fourth-order valence-corrected chi connectivity index (χ4v) is 4.34. The van der Waals surface area contributed by atoms with Crippen molar-refractivity contribution in [3.63, 3.8) is 0 Å². The van der Waals surface area contributed by atoms with Crippen molar-refractivity contribution >= 4 is 15.6 Å². The molecule has 4 aromatic rings. The number of hydrogen-bond donors (Lipinski definition) is 2. The quantitative estimate of drug-likeness (QED) is 0.406. The SMILES string of the molecule is O=C(c1ccc(Oc2ccc(S(=O)(=O)c3ccc(O)cc3)cc2)cc1)c1ccccc1O. The van der Waals surface area contributed by atoms with Gasteiger partial charge in [-0.2, -0.15) is 0 Å². The number of benzene rings is 4. The van der Waals surface area contributed by atoms with E-state index in [0.29, 0.717) is 17.1 Å². The van der Waals surface area contributed by atoms with Crippen LogP contribution in [0.4, 0.5) is 0 Å². The number of carbonyl (C=O) groups is 1. The molecule has 0 saturated heterocycles. The smallest absolute Gasteiger partial charge is 0.206 e. The molecule has 0 bridgehead atoms. The zero-order chi connectivity index (χ0) is 22.7. The Morgan fingerprint density at radius 3 is 1.72 bits per heavy atom. The van der Waals surface area contributed by atoms with Crippen LogP contribution in [0.1, 0.15) is 15.9 Å². The molecule has 6 nitrogen and oxygen atoms in total. The topological polar surface area (TPSA) is 101 Å². The molecule has 0 spiro atoms. The highest BCUT2D eigenvalue weighted by Crippen LogP contribution is 2.28. The number of phenols is 2. The van der Waals surface area contributed by atoms with Gasteiger partial charge in [-0.15, -0.1) is 0 Å². The zero-order valence-corrected chi connectivity index (χ0v) is 17.5. The van der Waals surface area contributed by atoms with Crippen molar-refractivity contribution in [1.29, 1.82) is 0 Å². The second kappa shape index (κ2) is 8.56. The normalized spacial score (nSPS) is 11.1. The van der Waals surface area contributed by atoms with Gasteiger partial charge in [0.25, 0.3) is 0 Å². The zero-order valence-electron chi connectivity index (χ0n) is 16.7. The summed E-state index contributed by atoms with van der Waals surface area (Å²) in [7, 11) is -3.71. The number of ketones is 1. The van der Waals surface area contributed by atoms with Crippen LogP contribution in [-0.4, -0.2) is 24.4 Å². The third-order valence-corrected chi connectivity index (χ3v) is 6.57. The predicted molar refractivity (Wildman–Crippen MR) is 118 cm³/mol. The molecular weight excluding hydrogens is 428 g/mol. The molecule has 160 valence electrons. The van der Waals surface area contributed by atoms with E-state index in [2.05, 4.69) is 0 Å². The molecule has 0 aliphatic carbocycles. The first kappa shape index (κ1) is 21.1. The van der Waals surface area contributed by atoms with Crippen LogP contribution < -0.4 is 4.74 Å². The molecule has 0 aromatic heterocycles. The van der Waals surface area contributed by atoms with Gasteiger partial charge in [-0.3, -0.25) is 4.79 Å². The summed E-state index contributed by atoms with van der Waals surface area (Å²) in [6, 6.07) is 24.0. The summed E-state index contributed by atoms with van der Waals surface area (Å²) in [5, 5.41) is 19.2. The molecule has 0 amide bonds. The summed E-state index contributed by atoms with van der Waals surface area (Å²) < 4.78 is 31.1. The number of hydrogen-bond acceptors (Lipinski definition) is 6. The molecular formula is C25H18O6S. The highest BCUT2D eigenvalue weighted by Gasteiger charge is 2.18. The maximum atomic E-state index is 12.7. The van der Waals surface area contributed by atoms with E-state index in [1.54, 1.807) is 42.5 Å². The monoisotopic (exact) mass is 446 g/mol. The number of sulfone groups is 1. The minimum absolute atomic E-state index is 0.0130. The van der Waals surface area contributed by atoms with Gasteiger partial charge in [-0.05, 0) is 84.9 Å². The largest absolute Gasteiger partial charge is 0.508 e. The Morgan fingerprint density at radius 1 is 0.656 bits per heavy atom. The summed E-state index contributed by atoms with van der Waals surface area (Å²) in [5.74, 6) is 0.488. The van der Waals surface area contributed by atoms with E-state index in [0.717, 1.165) is 0 Å². The second-order valence-electron chi connectivity index (χ2n) is 6.94. The van der Waals surface area contributed by atoms with E-state index < -0.39 is 9.84 Å². The van der Waals surface area contributed by atoms with Gasteiger partial charge in [-0.1, -0.05) is 12.1 Å². The predicted octanol–water partition coefficient (Wildman–Crippen LogP) is 4.95. The maximum absolute atomic E-state index is 12.7. The first-order valence-electron chi connectivity index (χ1n) is 9.59. The molecule has 4 rings (SSSR count). The summed E-state index contributed by atoms with van der Waals surface area (Å²) in [4.78, 5) is 12.7. The average Bonchev–Trinajstić information content (AvgIpc) is 2.80. The number of phenolic OH excluding ortho intramolecular Hbond substituents is 2. The summed E-state index contributed by atoms with van der Waals surface area (Å²) in [5.41, 5.74) is 0.612. The van der Waals surface area contributed by atoms with Crippen LogP contribution in [0.5, 0.6) is 23.0 Å². The van der Waals surface area contributed by atoms with E-state index in [9.17, 15) is 23.4 Å². The lowest BCUT2D eigenvalue weighted by atomic mass is 10.0. The third-order valence-electron chi connectivity index (χ3n) is 4.78. The van der Waals surface area contributed by atoms with Crippen molar-refractivity contribution in [3.05, 3.63) is 108 Å². The van der Waals surface area contributed by atoms with Gasteiger partial charge in [0.05, 0.1) is 15.4 Å². The lowest BCUT2D eigenvalue weighted by Gasteiger charge is -2.09. The Bertz CT molecular complexity index is 1360. The van der Waals surface area contributed by atoms with Crippen LogP contribution in [-0.2, 0) is 9.84 Å². The molecule has 0 aliphatic heterocycles. The Hall–Kier alpha value is -4.10. The number of carbonyl (C=O) groups excluding carboxylic acids is 1. The van der Waals surface area contributed by atoms with Crippen molar-refractivity contribution in [2.45, 2.75) is 9.79 Å². The van der Waals surface area contributed by atoms with Crippen LogP contribution in [0, 0.1) is 0 Å². The molecule has 0 atom stereocenters. The maximum Gasteiger partial charge on any atom is 0.206 e. The Balaban J connectivity index is 1.49. The Kier molecular flexibility index (Phi) is 5.66. The Morgan fingerprint density at radius 2 is 1.16 bits per heavy atom. The van der Waals surface area contributed by atoms with E-state index in [-0.39, 0.29) is 32.6 Å². The average molecular weight is 446 g/mol. The standard InChI is InChI=1S/C25H18O6S/c26-18-7-13-21(14-8-18)32(29,30)22-15-11-20(12-16-22)31-19-9-5-17(6-10-19)25(28)23-3-1-2-4-24(23)27/h1-16,26-27H. The summed E-state index contributed by atoms with van der Waals surface area (Å²) >= 11 is 0. The van der Waals surface area contributed by atoms with E-state index >= 15 is 0 Å². The molecule has 0 aliphatic rings. The van der Waals surface area contributed by atoms with E-state index in [1.165, 1.54) is 54.6 Å². The molecule has 7 heteroatoms. The lowest BCUT2D eigenvalue weighted by Crippen LogP contribution is -2.02. The van der Waals surface area contributed by atoms with Crippen LogP contribution >= 0.6 is 0 Å². The molecule has 0 radical (unpaired) electrons. The molecule has 32 heavy (non-hydrogen) atoms. The highest BCUT2D eigenvalue weighted by molar-refractivity contribution is 7.91. The minimum Gasteiger partial charge on any atom is -0.508 e. The van der Waals surface area contributed by atoms with Gasteiger partial charge in [0.2, 0.25) is 9.84 Å².